The summed E-state index contributed by atoms with van der Waals surface area (Å²) in [4.78, 5) is 10.5. The third kappa shape index (κ3) is 1.85. The molecule has 9 heavy (non-hydrogen) atoms. The molecule has 0 rings (SSSR count). The van der Waals surface area contributed by atoms with Crippen LogP contribution >= 0.6 is 0 Å². The highest BCUT2D eigenvalue weighted by molar-refractivity contribution is 5.80. The number of hydrogen-bond acceptors (Lipinski definition) is 3. The van der Waals surface area contributed by atoms with Gasteiger partial charge in [-0.2, -0.15) is 0 Å². The molecular formula is C6H10O3. The van der Waals surface area contributed by atoms with Gasteiger partial charge in [-0.05, 0) is 13.0 Å². The standard InChI is InChI=1S/C6H10O3/c1-4-6(2,8)5(7)9-3/h4,8H,1H2,2-3H3/t6-/m1/s1. The molecule has 0 aliphatic carbocycles. The molecule has 0 saturated carbocycles. The quantitative estimate of drug-likeness (QED) is 0.426. The van der Waals surface area contributed by atoms with Crippen LogP contribution in [0.25, 0.3) is 0 Å². The molecule has 0 unspecified atom stereocenters. The van der Waals surface area contributed by atoms with Gasteiger partial charge in [0.25, 0.3) is 0 Å². The first-order chi connectivity index (χ1) is 4.04. The van der Waals surface area contributed by atoms with E-state index in [1.165, 1.54) is 14.0 Å². The minimum atomic E-state index is -1.55. The second-order valence-corrected chi connectivity index (χ2v) is 1.84. The lowest BCUT2D eigenvalue weighted by molar-refractivity contribution is -0.155. The third-order valence-electron chi connectivity index (χ3n) is 0.996. The number of ether oxygens (including phenoxy) is 1. The van der Waals surface area contributed by atoms with Gasteiger partial charge in [-0.1, -0.05) is 6.58 Å². The molecule has 0 amide bonds. The van der Waals surface area contributed by atoms with Crippen molar-refractivity contribution < 1.29 is 14.6 Å². The van der Waals surface area contributed by atoms with Gasteiger partial charge in [-0.3, -0.25) is 0 Å². The molecule has 0 fully saturated rings. The van der Waals surface area contributed by atoms with Crippen molar-refractivity contribution in [2.45, 2.75) is 12.5 Å². The molecule has 0 radical (unpaired) electrons. The highest BCUT2D eigenvalue weighted by Crippen LogP contribution is 2.04. The molecule has 0 heterocycles. The Balaban J connectivity index is 4.14. The van der Waals surface area contributed by atoms with Gasteiger partial charge in [0.05, 0.1) is 7.11 Å². The lowest BCUT2D eigenvalue weighted by Crippen LogP contribution is -2.33. The maximum atomic E-state index is 10.5. The second kappa shape index (κ2) is 2.64. The van der Waals surface area contributed by atoms with Crippen molar-refractivity contribution >= 4 is 5.97 Å². The zero-order valence-electron chi connectivity index (χ0n) is 5.55. The van der Waals surface area contributed by atoms with Crippen molar-refractivity contribution in [1.82, 2.24) is 0 Å². The van der Waals surface area contributed by atoms with E-state index < -0.39 is 11.6 Å². The van der Waals surface area contributed by atoms with Gasteiger partial charge in [0.1, 0.15) is 0 Å². The van der Waals surface area contributed by atoms with Crippen molar-refractivity contribution in [1.29, 1.82) is 0 Å². The van der Waals surface area contributed by atoms with Gasteiger partial charge in [0, 0.05) is 0 Å². The summed E-state index contributed by atoms with van der Waals surface area (Å²) in [6, 6.07) is 0. The molecule has 3 nitrogen and oxygen atoms in total. The highest BCUT2D eigenvalue weighted by atomic mass is 16.5. The van der Waals surface area contributed by atoms with Crippen molar-refractivity contribution in [3.05, 3.63) is 12.7 Å². The van der Waals surface area contributed by atoms with Gasteiger partial charge in [0.2, 0.25) is 0 Å². The van der Waals surface area contributed by atoms with Crippen LogP contribution in [0.5, 0.6) is 0 Å². The van der Waals surface area contributed by atoms with Crippen molar-refractivity contribution in [2.75, 3.05) is 7.11 Å². The monoisotopic (exact) mass is 130 g/mol. The Morgan fingerprint density at radius 1 is 1.89 bits per heavy atom. The molecule has 0 aliphatic rings. The Bertz CT molecular complexity index is 126. The summed E-state index contributed by atoms with van der Waals surface area (Å²) < 4.78 is 4.25. The van der Waals surface area contributed by atoms with Crippen molar-refractivity contribution in [3.8, 4) is 0 Å². The fraction of sp³-hybridized carbons (Fsp3) is 0.500. The molecule has 0 aromatic rings. The molecule has 0 spiro atoms. The Kier molecular flexibility index (Phi) is 2.40. The molecular weight excluding hydrogens is 120 g/mol. The summed E-state index contributed by atoms with van der Waals surface area (Å²) in [7, 11) is 1.21. The Morgan fingerprint density at radius 3 is 2.44 bits per heavy atom. The van der Waals surface area contributed by atoms with E-state index in [1.807, 2.05) is 0 Å². The van der Waals surface area contributed by atoms with Gasteiger partial charge < -0.3 is 9.84 Å². The number of methoxy groups -OCH3 is 1. The van der Waals surface area contributed by atoms with Gasteiger partial charge in [-0.15, -0.1) is 0 Å². The minimum Gasteiger partial charge on any atom is -0.467 e. The normalized spacial score (nSPS) is 15.9. The maximum absolute atomic E-state index is 10.5. The molecule has 0 bridgehead atoms. The summed E-state index contributed by atoms with van der Waals surface area (Å²) in [5, 5.41) is 9.00. The Hall–Kier alpha value is -0.830. The van der Waals surface area contributed by atoms with Crippen LogP contribution in [0, 0.1) is 0 Å². The van der Waals surface area contributed by atoms with Crippen LogP contribution in [-0.2, 0) is 9.53 Å². The number of carbonyl (C=O) groups is 1. The van der Waals surface area contributed by atoms with E-state index in [2.05, 4.69) is 11.3 Å². The number of rotatable bonds is 2. The molecule has 1 atom stereocenters. The molecule has 1 N–H and O–H groups in total. The van der Waals surface area contributed by atoms with E-state index in [9.17, 15) is 4.79 Å². The van der Waals surface area contributed by atoms with Crippen molar-refractivity contribution in [3.63, 3.8) is 0 Å². The molecule has 52 valence electrons. The smallest absolute Gasteiger partial charge is 0.341 e. The molecule has 0 aromatic carbocycles. The fourth-order valence-corrected chi connectivity index (χ4v) is 0.290. The largest absolute Gasteiger partial charge is 0.467 e. The summed E-state index contributed by atoms with van der Waals surface area (Å²) in [5.74, 6) is -0.697. The fourth-order valence-electron chi connectivity index (χ4n) is 0.290. The topological polar surface area (TPSA) is 46.5 Å². The summed E-state index contributed by atoms with van der Waals surface area (Å²) >= 11 is 0. The van der Waals surface area contributed by atoms with E-state index in [-0.39, 0.29) is 0 Å². The van der Waals surface area contributed by atoms with Crippen LogP contribution < -0.4 is 0 Å². The van der Waals surface area contributed by atoms with E-state index in [0.29, 0.717) is 0 Å². The zero-order valence-corrected chi connectivity index (χ0v) is 5.55. The number of carbonyl (C=O) groups excluding carboxylic acids is 1. The van der Waals surface area contributed by atoms with Crippen LogP contribution in [0.4, 0.5) is 0 Å². The predicted molar refractivity (Wildman–Crippen MR) is 32.8 cm³/mol. The molecule has 0 aliphatic heterocycles. The zero-order chi connectivity index (χ0) is 7.49. The number of esters is 1. The van der Waals surface area contributed by atoms with Crippen LogP contribution in [0.15, 0.2) is 12.7 Å². The van der Waals surface area contributed by atoms with Crippen LogP contribution in [-0.4, -0.2) is 23.8 Å². The lowest BCUT2D eigenvalue weighted by Gasteiger charge is -2.13. The Morgan fingerprint density at radius 2 is 2.33 bits per heavy atom. The first-order valence-corrected chi connectivity index (χ1v) is 2.49. The van der Waals surface area contributed by atoms with E-state index in [1.54, 1.807) is 0 Å². The van der Waals surface area contributed by atoms with E-state index in [4.69, 9.17) is 5.11 Å². The number of hydrogen-bond donors (Lipinski definition) is 1. The van der Waals surface area contributed by atoms with Crippen LogP contribution in [0.3, 0.4) is 0 Å². The minimum absolute atomic E-state index is 0.697. The summed E-state index contributed by atoms with van der Waals surface area (Å²) in [6.07, 6.45) is 1.12. The van der Waals surface area contributed by atoms with Gasteiger partial charge >= 0.3 is 5.97 Å². The highest BCUT2D eigenvalue weighted by Gasteiger charge is 2.26. The lowest BCUT2D eigenvalue weighted by atomic mass is 10.1. The second-order valence-electron chi connectivity index (χ2n) is 1.84. The van der Waals surface area contributed by atoms with Gasteiger partial charge in [-0.25, -0.2) is 4.79 Å². The first-order valence-electron chi connectivity index (χ1n) is 2.49. The molecule has 3 heteroatoms. The average molecular weight is 130 g/mol. The Labute approximate surface area is 53.9 Å². The first kappa shape index (κ1) is 8.17. The van der Waals surface area contributed by atoms with Gasteiger partial charge in [0.15, 0.2) is 5.60 Å². The summed E-state index contributed by atoms with van der Waals surface area (Å²) in [6.45, 7) is 4.56. The summed E-state index contributed by atoms with van der Waals surface area (Å²) in [5.41, 5.74) is -1.55. The molecule has 0 aromatic heterocycles. The van der Waals surface area contributed by atoms with Crippen molar-refractivity contribution in [2.24, 2.45) is 0 Å². The average Bonchev–Trinajstić information content (AvgIpc) is 1.86. The van der Waals surface area contributed by atoms with Crippen LogP contribution in [0.2, 0.25) is 0 Å². The van der Waals surface area contributed by atoms with E-state index in [0.717, 1.165) is 6.08 Å². The van der Waals surface area contributed by atoms with Crippen LogP contribution in [0.1, 0.15) is 6.92 Å². The third-order valence-corrected chi connectivity index (χ3v) is 0.996. The van der Waals surface area contributed by atoms with E-state index >= 15 is 0 Å². The molecule has 0 saturated heterocycles. The maximum Gasteiger partial charge on any atom is 0.341 e. The number of aliphatic hydroxyl groups is 1. The predicted octanol–water partition coefficient (Wildman–Crippen LogP) is 0.0964. The SMILES string of the molecule is C=C[C@@](C)(O)C(=O)OC.